The Morgan fingerprint density at radius 2 is 0.828 bits per heavy atom. The highest BCUT2D eigenvalue weighted by atomic mass is 16.3. The van der Waals surface area contributed by atoms with Crippen molar-refractivity contribution in [2.45, 2.75) is 0 Å². The summed E-state index contributed by atoms with van der Waals surface area (Å²) in [7, 11) is 0. The van der Waals surface area contributed by atoms with E-state index < -0.39 is 0 Å². The van der Waals surface area contributed by atoms with E-state index in [0.717, 1.165) is 55.7 Å². The summed E-state index contributed by atoms with van der Waals surface area (Å²) in [5.74, 6) is 0. The van der Waals surface area contributed by atoms with Gasteiger partial charge in [-0.2, -0.15) is 0 Å². The predicted molar refractivity (Wildman–Crippen MR) is 245 cm³/mol. The highest BCUT2D eigenvalue weighted by molar-refractivity contribution is 6.10. The highest BCUT2D eigenvalue weighted by Crippen LogP contribution is 2.43. The fourth-order valence-electron chi connectivity index (χ4n) is 8.67. The van der Waals surface area contributed by atoms with Gasteiger partial charge in [0.15, 0.2) is 0 Å². The molecular weight excluding hydrogens is 703 g/mol. The predicted octanol–water partition coefficient (Wildman–Crippen LogP) is 16.0. The van der Waals surface area contributed by atoms with Crippen molar-refractivity contribution in [3.63, 3.8) is 0 Å². The SMILES string of the molecule is c1ccc(-c2cc(-c3ccc(N(c4ccc(-c5cccc6c5oc5ccccc56)cc4)c4cccc5ccccc45)cc3)ccc2-c2cccc3ccccc23)cc1. The summed E-state index contributed by atoms with van der Waals surface area (Å²) < 4.78 is 6.42. The van der Waals surface area contributed by atoms with Crippen molar-refractivity contribution in [1.29, 1.82) is 0 Å². The fraction of sp³-hybridized carbons (Fsp3) is 0. The summed E-state index contributed by atoms with van der Waals surface area (Å²) in [5.41, 5.74) is 14.5. The maximum Gasteiger partial charge on any atom is 0.143 e. The lowest BCUT2D eigenvalue weighted by Crippen LogP contribution is -2.10. The first-order valence-corrected chi connectivity index (χ1v) is 19.8. The van der Waals surface area contributed by atoms with Crippen molar-refractivity contribution in [3.05, 3.63) is 224 Å². The van der Waals surface area contributed by atoms with E-state index in [1.165, 1.54) is 49.4 Å². The minimum absolute atomic E-state index is 0.907. The smallest absolute Gasteiger partial charge is 0.143 e. The van der Waals surface area contributed by atoms with E-state index >= 15 is 0 Å². The quantitative estimate of drug-likeness (QED) is 0.162. The molecule has 58 heavy (non-hydrogen) atoms. The first kappa shape index (κ1) is 33.6. The Kier molecular flexibility index (Phi) is 8.19. The highest BCUT2D eigenvalue weighted by Gasteiger charge is 2.18. The zero-order chi connectivity index (χ0) is 38.4. The Morgan fingerprint density at radius 3 is 1.60 bits per heavy atom. The molecule has 0 aliphatic rings. The van der Waals surface area contributed by atoms with E-state index in [-0.39, 0.29) is 0 Å². The molecule has 0 atom stereocenters. The molecule has 0 radical (unpaired) electrons. The topological polar surface area (TPSA) is 16.4 Å². The third-order valence-electron chi connectivity index (χ3n) is 11.5. The molecule has 11 aromatic rings. The lowest BCUT2D eigenvalue weighted by Gasteiger charge is -2.27. The summed E-state index contributed by atoms with van der Waals surface area (Å²) in [6.07, 6.45) is 0. The number of hydrogen-bond donors (Lipinski definition) is 0. The van der Waals surface area contributed by atoms with Crippen LogP contribution in [0.15, 0.2) is 229 Å². The lowest BCUT2D eigenvalue weighted by molar-refractivity contribution is 0.670. The van der Waals surface area contributed by atoms with Gasteiger partial charge in [-0.3, -0.25) is 0 Å². The van der Waals surface area contributed by atoms with Crippen LogP contribution in [0.25, 0.3) is 88.0 Å². The summed E-state index contributed by atoms with van der Waals surface area (Å²) in [5, 5.41) is 7.17. The summed E-state index contributed by atoms with van der Waals surface area (Å²) in [4.78, 5) is 2.37. The lowest BCUT2D eigenvalue weighted by atomic mass is 9.89. The molecule has 0 bridgehead atoms. The van der Waals surface area contributed by atoms with Gasteiger partial charge in [-0.05, 0) is 97.6 Å². The van der Waals surface area contributed by atoms with E-state index in [4.69, 9.17) is 4.42 Å². The molecule has 10 aromatic carbocycles. The van der Waals surface area contributed by atoms with Gasteiger partial charge in [-0.1, -0.05) is 182 Å². The van der Waals surface area contributed by atoms with E-state index in [0.29, 0.717) is 0 Å². The van der Waals surface area contributed by atoms with Crippen molar-refractivity contribution in [1.82, 2.24) is 0 Å². The Balaban J connectivity index is 1.01. The van der Waals surface area contributed by atoms with Gasteiger partial charge in [0, 0.05) is 33.1 Å². The number of hydrogen-bond acceptors (Lipinski definition) is 2. The number of nitrogens with zero attached hydrogens (tertiary/aromatic N) is 1. The van der Waals surface area contributed by atoms with Gasteiger partial charge in [-0.25, -0.2) is 0 Å². The van der Waals surface area contributed by atoms with Gasteiger partial charge in [0.25, 0.3) is 0 Å². The number of rotatable bonds is 7. The van der Waals surface area contributed by atoms with E-state index in [1.807, 2.05) is 12.1 Å². The van der Waals surface area contributed by atoms with E-state index in [1.54, 1.807) is 0 Å². The first-order valence-electron chi connectivity index (χ1n) is 19.8. The Bertz CT molecular complexity index is 3260. The van der Waals surface area contributed by atoms with Crippen LogP contribution in [0.5, 0.6) is 0 Å². The molecule has 272 valence electrons. The normalized spacial score (nSPS) is 11.4. The average molecular weight is 740 g/mol. The zero-order valence-electron chi connectivity index (χ0n) is 31.7. The maximum absolute atomic E-state index is 6.42. The van der Waals surface area contributed by atoms with Gasteiger partial charge in [0.2, 0.25) is 0 Å². The van der Waals surface area contributed by atoms with Gasteiger partial charge >= 0.3 is 0 Å². The average Bonchev–Trinajstić information content (AvgIpc) is 3.69. The van der Waals surface area contributed by atoms with Crippen LogP contribution in [0.3, 0.4) is 0 Å². The summed E-state index contributed by atoms with van der Waals surface area (Å²) in [6, 6.07) is 80.7. The van der Waals surface area contributed by atoms with Gasteiger partial charge in [0.05, 0.1) is 5.69 Å². The van der Waals surface area contributed by atoms with Gasteiger partial charge in [0.1, 0.15) is 11.2 Å². The number of anilines is 3. The number of benzene rings is 10. The Hall–Kier alpha value is -7.68. The number of para-hydroxylation sites is 2. The standard InChI is InChI=1S/C56H37NO/c1-2-13-41(14-3-1)53-37-43(31-36-50(53)49-23-10-17-39-15-4-6-19-46(39)49)38-27-32-44(33-28-38)57(54-25-11-18-40-16-5-7-20-47(40)54)45-34-29-42(30-35-45)48-22-12-24-52-51-21-8-9-26-55(51)58-56(48)52/h1-37H. The van der Waals surface area contributed by atoms with Crippen LogP contribution in [-0.4, -0.2) is 0 Å². The Morgan fingerprint density at radius 1 is 0.293 bits per heavy atom. The third-order valence-corrected chi connectivity index (χ3v) is 11.5. The van der Waals surface area contributed by atoms with Crippen molar-refractivity contribution in [3.8, 4) is 44.5 Å². The van der Waals surface area contributed by atoms with Crippen molar-refractivity contribution >= 4 is 60.5 Å². The van der Waals surface area contributed by atoms with Crippen molar-refractivity contribution < 1.29 is 4.42 Å². The molecule has 0 spiro atoms. The summed E-state index contributed by atoms with van der Waals surface area (Å²) in [6.45, 7) is 0. The largest absolute Gasteiger partial charge is 0.455 e. The molecular formula is C56H37NO. The van der Waals surface area contributed by atoms with Crippen LogP contribution in [0, 0.1) is 0 Å². The number of fused-ring (bicyclic) bond motifs is 5. The van der Waals surface area contributed by atoms with E-state index in [9.17, 15) is 0 Å². The van der Waals surface area contributed by atoms with Crippen LogP contribution in [0.4, 0.5) is 17.1 Å². The molecule has 0 N–H and O–H groups in total. The molecule has 11 rings (SSSR count). The van der Waals surface area contributed by atoms with Gasteiger partial charge in [-0.15, -0.1) is 0 Å². The molecule has 0 saturated heterocycles. The monoisotopic (exact) mass is 739 g/mol. The molecule has 0 aliphatic heterocycles. The fourth-order valence-corrected chi connectivity index (χ4v) is 8.67. The molecule has 1 aromatic heterocycles. The van der Waals surface area contributed by atoms with Crippen LogP contribution in [-0.2, 0) is 0 Å². The van der Waals surface area contributed by atoms with Gasteiger partial charge < -0.3 is 9.32 Å². The molecule has 0 aliphatic carbocycles. The number of furan rings is 1. The molecule has 0 saturated carbocycles. The van der Waals surface area contributed by atoms with Crippen LogP contribution >= 0.6 is 0 Å². The van der Waals surface area contributed by atoms with E-state index in [2.05, 4.69) is 217 Å². The first-order chi connectivity index (χ1) is 28.8. The minimum atomic E-state index is 0.907. The molecule has 0 unspecified atom stereocenters. The third kappa shape index (κ3) is 5.82. The second-order valence-electron chi connectivity index (χ2n) is 14.9. The molecule has 0 fully saturated rings. The van der Waals surface area contributed by atoms with Crippen molar-refractivity contribution in [2.24, 2.45) is 0 Å². The van der Waals surface area contributed by atoms with Crippen LogP contribution in [0.2, 0.25) is 0 Å². The van der Waals surface area contributed by atoms with Crippen molar-refractivity contribution in [2.75, 3.05) is 4.90 Å². The maximum atomic E-state index is 6.42. The molecule has 2 heteroatoms. The second-order valence-corrected chi connectivity index (χ2v) is 14.9. The zero-order valence-corrected chi connectivity index (χ0v) is 31.7. The molecule has 0 amide bonds. The van der Waals surface area contributed by atoms with Crippen LogP contribution in [0.1, 0.15) is 0 Å². The molecule has 1 heterocycles. The Labute approximate surface area is 337 Å². The molecule has 2 nitrogen and oxygen atoms in total. The minimum Gasteiger partial charge on any atom is -0.455 e. The van der Waals surface area contributed by atoms with Crippen LogP contribution < -0.4 is 4.90 Å². The second kappa shape index (κ2) is 14.1. The summed E-state index contributed by atoms with van der Waals surface area (Å²) >= 11 is 0.